The lowest BCUT2D eigenvalue weighted by atomic mass is 9.93. The summed E-state index contributed by atoms with van der Waals surface area (Å²) in [5.41, 5.74) is 0. The summed E-state index contributed by atoms with van der Waals surface area (Å²) >= 11 is 0. The number of carbonyl (C=O) groups is 1. The van der Waals surface area contributed by atoms with Gasteiger partial charge in [-0.25, -0.2) is 0 Å². The number of hydrogen-bond acceptors (Lipinski definition) is 2. The van der Waals surface area contributed by atoms with Crippen molar-refractivity contribution in [3.8, 4) is 12.3 Å². The summed E-state index contributed by atoms with van der Waals surface area (Å²) in [6.45, 7) is 0. The molecule has 0 spiro atoms. The molecule has 1 atom stereocenters. The molecule has 0 saturated heterocycles. The second-order valence-corrected chi connectivity index (χ2v) is 2.55. The number of ether oxygens (including phenoxy) is 1. The van der Waals surface area contributed by atoms with E-state index in [0.717, 1.165) is 0 Å². The molecule has 1 aliphatic carbocycles. The van der Waals surface area contributed by atoms with Crippen LogP contribution in [0, 0.1) is 18.3 Å². The van der Waals surface area contributed by atoms with Gasteiger partial charge < -0.3 is 4.74 Å². The van der Waals surface area contributed by atoms with Gasteiger partial charge in [-0.1, -0.05) is 0 Å². The zero-order valence-electron chi connectivity index (χ0n) is 6.46. The lowest BCUT2D eigenvalue weighted by Crippen LogP contribution is -2.13. The van der Waals surface area contributed by atoms with E-state index in [9.17, 15) is 4.79 Å². The van der Waals surface area contributed by atoms with Crippen LogP contribution in [0.2, 0.25) is 0 Å². The van der Waals surface area contributed by atoms with Crippen LogP contribution < -0.4 is 0 Å². The fourth-order valence-corrected chi connectivity index (χ4v) is 1.12. The fraction of sp³-hybridized carbons (Fsp3) is 0.444. The molecule has 0 bridgehead atoms. The summed E-state index contributed by atoms with van der Waals surface area (Å²) in [5, 5.41) is 0. The maximum Gasteiger partial charge on any atom is 0.160 e. The van der Waals surface area contributed by atoms with Crippen molar-refractivity contribution < 1.29 is 9.53 Å². The Morgan fingerprint density at radius 2 is 2.45 bits per heavy atom. The first kappa shape index (κ1) is 7.87. The van der Waals surface area contributed by atoms with E-state index >= 15 is 0 Å². The normalized spacial score (nSPS) is 23.8. The average molecular weight is 150 g/mol. The molecule has 0 saturated carbocycles. The first-order valence-corrected chi connectivity index (χ1v) is 3.49. The van der Waals surface area contributed by atoms with E-state index in [2.05, 4.69) is 5.92 Å². The Kier molecular flexibility index (Phi) is 2.32. The third-order valence-corrected chi connectivity index (χ3v) is 1.72. The third kappa shape index (κ3) is 1.84. The summed E-state index contributed by atoms with van der Waals surface area (Å²) < 4.78 is 4.94. The minimum absolute atomic E-state index is 0.0300. The maximum atomic E-state index is 10.9. The Balaban J connectivity index is 2.71. The highest BCUT2D eigenvalue weighted by Crippen LogP contribution is 2.21. The van der Waals surface area contributed by atoms with Crippen molar-refractivity contribution in [1.82, 2.24) is 0 Å². The van der Waals surface area contributed by atoms with Crippen LogP contribution in [-0.4, -0.2) is 12.9 Å². The van der Waals surface area contributed by atoms with Crippen LogP contribution >= 0.6 is 0 Å². The maximum absolute atomic E-state index is 10.9. The lowest BCUT2D eigenvalue weighted by molar-refractivity contribution is -0.115. The molecule has 0 radical (unpaired) electrons. The zero-order chi connectivity index (χ0) is 8.27. The number of ketones is 1. The molecule has 0 aromatic carbocycles. The molecule has 0 N–H and O–H groups in total. The molecule has 2 heteroatoms. The number of methoxy groups -OCH3 is 1. The van der Waals surface area contributed by atoms with Crippen LogP contribution in [0.5, 0.6) is 0 Å². The Morgan fingerprint density at radius 1 is 1.73 bits per heavy atom. The van der Waals surface area contributed by atoms with Crippen LogP contribution in [0.4, 0.5) is 0 Å². The van der Waals surface area contributed by atoms with Gasteiger partial charge >= 0.3 is 0 Å². The molecule has 0 aliphatic heterocycles. The molecule has 0 aromatic heterocycles. The fourth-order valence-electron chi connectivity index (χ4n) is 1.12. The molecule has 1 rings (SSSR count). The summed E-state index contributed by atoms with van der Waals surface area (Å²) in [5.74, 6) is 3.35. The highest BCUT2D eigenvalue weighted by atomic mass is 16.5. The second-order valence-electron chi connectivity index (χ2n) is 2.55. The van der Waals surface area contributed by atoms with Crippen LogP contribution in [0.3, 0.4) is 0 Å². The summed E-state index contributed by atoms with van der Waals surface area (Å²) in [6.07, 6.45) is 7.87. The molecule has 0 amide bonds. The van der Waals surface area contributed by atoms with E-state index in [4.69, 9.17) is 11.2 Å². The minimum Gasteiger partial charge on any atom is -0.501 e. The molecule has 0 heterocycles. The van der Waals surface area contributed by atoms with Crippen molar-refractivity contribution >= 4 is 5.78 Å². The van der Waals surface area contributed by atoms with Gasteiger partial charge in [0.2, 0.25) is 0 Å². The Bertz CT molecular complexity index is 232. The largest absolute Gasteiger partial charge is 0.501 e. The van der Waals surface area contributed by atoms with Gasteiger partial charge in [0.15, 0.2) is 5.78 Å². The van der Waals surface area contributed by atoms with Gasteiger partial charge in [-0.15, -0.1) is 12.3 Å². The standard InChI is InChI=1S/C9H10O2/c1-3-7-4-8(10)6-9(5-7)11-2/h1,6-7H,4-5H2,2H3. The minimum atomic E-state index is 0.0300. The van der Waals surface area contributed by atoms with Crippen molar-refractivity contribution in [2.24, 2.45) is 5.92 Å². The molecule has 0 aromatic rings. The van der Waals surface area contributed by atoms with Gasteiger partial charge in [0.05, 0.1) is 7.11 Å². The van der Waals surface area contributed by atoms with Crippen LogP contribution in [-0.2, 0) is 9.53 Å². The molecular formula is C9H10O2. The van der Waals surface area contributed by atoms with E-state index < -0.39 is 0 Å². The van der Waals surface area contributed by atoms with Gasteiger partial charge in [-0.3, -0.25) is 4.79 Å². The predicted molar refractivity (Wildman–Crippen MR) is 41.7 cm³/mol. The number of carbonyl (C=O) groups excluding carboxylic acids is 1. The smallest absolute Gasteiger partial charge is 0.160 e. The lowest BCUT2D eigenvalue weighted by Gasteiger charge is -2.15. The first-order chi connectivity index (χ1) is 5.26. The number of allylic oxidation sites excluding steroid dienone is 2. The average Bonchev–Trinajstić information content (AvgIpc) is 2.03. The monoisotopic (exact) mass is 150 g/mol. The van der Waals surface area contributed by atoms with Crippen molar-refractivity contribution in [2.75, 3.05) is 7.11 Å². The van der Waals surface area contributed by atoms with Crippen molar-refractivity contribution in [1.29, 1.82) is 0 Å². The third-order valence-electron chi connectivity index (χ3n) is 1.72. The van der Waals surface area contributed by atoms with Crippen molar-refractivity contribution in [3.05, 3.63) is 11.8 Å². The van der Waals surface area contributed by atoms with Gasteiger partial charge in [0.1, 0.15) is 5.76 Å². The molecule has 1 unspecified atom stereocenters. The van der Waals surface area contributed by atoms with E-state index in [1.54, 1.807) is 7.11 Å². The van der Waals surface area contributed by atoms with E-state index in [0.29, 0.717) is 18.6 Å². The van der Waals surface area contributed by atoms with Crippen LogP contribution in [0.25, 0.3) is 0 Å². The Labute approximate surface area is 66.2 Å². The van der Waals surface area contributed by atoms with Gasteiger partial charge in [-0.05, 0) is 0 Å². The van der Waals surface area contributed by atoms with E-state index in [1.807, 2.05) is 0 Å². The van der Waals surface area contributed by atoms with Gasteiger partial charge in [-0.2, -0.15) is 0 Å². The Morgan fingerprint density at radius 3 is 3.00 bits per heavy atom. The summed E-state index contributed by atoms with van der Waals surface area (Å²) in [4.78, 5) is 10.9. The van der Waals surface area contributed by atoms with Crippen molar-refractivity contribution in [2.45, 2.75) is 12.8 Å². The molecule has 11 heavy (non-hydrogen) atoms. The highest BCUT2D eigenvalue weighted by Gasteiger charge is 2.18. The molecule has 2 nitrogen and oxygen atoms in total. The summed E-state index contributed by atoms with van der Waals surface area (Å²) in [6, 6.07) is 0. The first-order valence-electron chi connectivity index (χ1n) is 3.49. The number of terminal acetylenes is 1. The van der Waals surface area contributed by atoms with Crippen LogP contribution in [0.15, 0.2) is 11.8 Å². The zero-order valence-corrected chi connectivity index (χ0v) is 6.46. The number of rotatable bonds is 1. The summed E-state index contributed by atoms with van der Waals surface area (Å²) in [7, 11) is 1.55. The molecular weight excluding hydrogens is 140 g/mol. The van der Waals surface area contributed by atoms with Crippen LogP contribution in [0.1, 0.15) is 12.8 Å². The topological polar surface area (TPSA) is 26.3 Å². The van der Waals surface area contributed by atoms with Crippen molar-refractivity contribution in [3.63, 3.8) is 0 Å². The Hall–Kier alpha value is -1.23. The quantitative estimate of drug-likeness (QED) is 0.524. The molecule has 58 valence electrons. The highest BCUT2D eigenvalue weighted by molar-refractivity contribution is 5.91. The molecule has 1 aliphatic rings. The SMILES string of the molecule is C#CC1CC(=O)C=C(OC)C1. The van der Waals surface area contributed by atoms with Gasteiger partial charge in [0.25, 0.3) is 0 Å². The predicted octanol–water partition coefficient (Wildman–Crippen LogP) is 1.13. The van der Waals surface area contributed by atoms with E-state index in [1.165, 1.54) is 6.08 Å². The number of hydrogen-bond donors (Lipinski definition) is 0. The van der Waals surface area contributed by atoms with E-state index in [-0.39, 0.29) is 11.7 Å². The molecule has 0 fully saturated rings. The second kappa shape index (κ2) is 3.25. The van der Waals surface area contributed by atoms with Gasteiger partial charge in [0, 0.05) is 24.8 Å².